The average Bonchev–Trinajstić information content (AvgIpc) is 3.30. The molecule has 16 rings (SSSR count). The van der Waals surface area contributed by atoms with Crippen LogP contribution >= 0.6 is 0 Å². The van der Waals surface area contributed by atoms with Gasteiger partial charge in [-0.1, -0.05) is 170 Å². The lowest BCUT2D eigenvalue weighted by molar-refractivity contribution is 0.755. The van der Waals surface area contributed by atoms with Crippen molar-refractivity contribution in [1.82, 2.24) is 0 Å². The zero-order chi connectivity index (χ0) is 37.6. The molecule has 4 bridgehead atoms. The quantitative estimate of drug-likeness (QED) is 0.155. The molecule has 0 N–H and O–H groups in total. The van der Waals surface area contributed by atoms with Crippen LogP contribution in [0.1, 0.15) is 90.4 Å². The highest BCUT2D eigenvalue weighted by Gasteiger charge is 2.42. The van der Waals surface area contributed by atoms with Gasteiger partial charge in [0.2, 0.25) is 0 Å². The topological polar surface area (TPSA) is 0 Å². The van der Waals surface area contributed by atoms with Crippen molar-refractivity contribution in [2.24, 2.45) is 0 Å². The smallest absolute Gasteiger partial charge is 0.0349 e. The molecule has 58 heavy (non-hydrogen) atoms. The normalized spacial score (nSPS) is 18.7. The van der Waals surface area contributed by atoms with E-state index < -0.39 is 0 Å². The van der Waals surface area contributed by atoms with E-state index in [0.717, 1.165) is 0 Å². The summed E-state index contributed by atoms with van der Waals surface area (Å²) < 4.78 is 0. The molecule has 0 spiro atoms. The fourth-order valence-corrected chi connectivity index (χ4v) is 12.1. The van der Waals surface area contributed by atoms with Crippen LogP contribution in [-0.2, 0) is 0 Å². The highest BCUT2D eigenvalue weighted by atomic mass is 14.4. The number of fused-ring (bicyclic) bond motifs is 5. The molecule has 10 aromatic rings. The fourth-order valence-electron chi connectivity index (χ4n) is 12.1. The second-order valence-corrected chi connectivity index (χ2v) is 17.0. The van der Waals surface area contributed by atoms with Crippen molar-refractivity contribution in [2.45, 2.75) is 23.7 Å². The van der Waals surface area contributed by atoms with Gasteiger partial charge in [-0.3, -0.25) is 0 Å². The summed E-state index contributed by atoms with van der Waals surface area (Å²) in [5.74, 6) is 1.04. The number of hydrogen-bond acceptors (Lipinski definition) is 0. The summed E-state index contributed by atoms with van der Waals surface area (Å²) in [6, 6.07) is 74.4. The first-order valence-corrected chi connectivity index (χ1v) is 20.8. The standard InChI is InChI=1S/C58H36/c1-3-15-38-36(13-1)50(33-25-27-48-52(29-33)57-44-21-9-5-17-40(44)55(48)41-18-6-10-22-45(41)57)31-35-32-51(37-14-2-4-16-39(37)54(35)38)34-26-28-49-53(30-34)58-46-23-11-7-19-42(46)56(49)43-20-8-12-24-47(43)58/h1-32,55-58H. The molecule has 0 heteroatoms. The van der Waals surface area contributed by atoms with Crippen LogP contribution in [0, 0.1) is 0 Å². The summed E-state index contributed by atoms with van der Waals surface area (Å²) in [7, 11) is 0. The highest BCUT2D eigenvalue weighted by Crippen LogP contribution is 2.58. The van der Waals surface area contributed by atoms with Crippen LogP contribution in [0.25, 0.3) is 54.6 Å². The second kappa shape index (κ2) is 11.3. The molecule has 268 valence electrons. The summed E-state index contributed by atoms with van der Waals surface area (Å²) >= 11 is 0. The van der Waals surface area contributed by atoms with Gasteiger partial charge in [-0.15, -0.1) is 0 Å². The average molecular weight is 733 g/mol. The minimum absolute atomic E-state index is 0.243. The van der Waals surface area contributed by atoms with Gasteiger partial charge in [-0.25, -0.2) is 0 Å². The van der Waals surface area contributed by atoms with Crippen molar-refractivity contribution in [3.63, 3.8) is 0 Å². The summed E-state index contributed by atoms with van der Waals surface area (Å²) in [5, 5.41) is 7.84. The third-order valence-corrected chi connectivity index (χ3v) is 14.4. The Bertz CT molecular complexity index is 3120. The van der Waals surface area contributed by atoms with Gasteiger partial charge < -0.3 is 0 Å². The maximum Gasteiger partial charge on any atom is 0.0349 e. The molecule has 0 fully saturated rings. The number of hydrogen-bond donors (Lipinski definition) is 0. The Kier molecular flexibility index (Phi) is 6.06. The van der Waals surface area contributed by atoms with Crippen LogP contribution in [-0.4, -0.2) is 0 Å². The van der Waals surface area contributed by atoms with E-state index in [1.807, 2.05) is 0 Å². The molecule has 0 saturated carbocycles. The zero-order valence-electron chi connectivity index (χ0n) is 31.8. The van der Waals surface area contributed by atoms with Gasteiger partial charge in [0.15, 0.2) is 0 Å². The predicted octanol–water partition coefficient (Wildman–Crippen LogP) is 14.5. The van der Waals surface area contributed by atoms with Crippen molar-refractivity contribution < 1.29 is 0 Å². The van der Waals surface area contributed by atoms with Crippen molar-refractivity contribution in [3.8, 4) is 22.3 Å². The van der Waals surface area contributed by atoms with Gasteiger partial charge in [0.25, 0.3) is 0 Å². The SMILES string of the molecule is c1ccc2c(c1)C1c3ccccc3C2c2cc(-c3cc4cc(-c5ccc6c(c5)C5c7ccccc7C6c6ccccc65)c5ccccc5c4c4ccccc34)ccc21. The molecule has 0 radical (unpaired) electrons. The highest BCUT2D eigenvalue weighted by molar-refractivity contribution is 6.25. The van der Waals surface area contributed by atoms with Gasteiger partial charge in [-0.05, 0) is 146 Å². The maximum absolute atomic E-state index is 2.53. The fraction of sp³-hybridized carbons (Fsp3) is 0.0690. The molecule has 0 saturated heterocycles. The largest absolute Gasteiger partial charge is 0.0619 e. The monoisotopic (exact) mass is 732 g/mol. The van der Waals surface area contributed by atoms with Gasteiger partial charge in [-0.2, -0.15) is 0 Å². The first kappa shape index (κ1) is 31.1. The second-order valence-electron chi connectivity index (χ2n) is 17.0. The third kappa shape index (κ3) is 3.95. The molecular weight excluding hydrogens is 697 g/mol. The van der Waals surface area contributed by atoms with Crippen molar-refractivity contribution in [3.05, 3.63) is 261 Å². The zero-order valence-corrected chi connectivity index (χ0v) is 31.8. The molecule has 10 aromatic carbocycles. The summed E-state index contributed by atoms with van der Waals surface area (Å²) in [6.07, 6.45) is 0. The first-order valence-electron chi connectivity index (χ1n) is 20.8. The van der Waals surface area contributed by atoms with Crippen LogP contribution in [0.5, 0.6) is 0 Å². The number of benzene rings is 10. The molecule has 6 aliphatic rings. The van der Waals surface area contributed by atoms with E-state index in [-0.39, 0.29) is 23.7 Å². The van der Waals surface area contributed by atoms with E-state index in [4.69, 9.17) is 0 Å². The Morgan fingerprint density at radius 2 is 0.500 bits per heavy atom. The van der Waals surface area contributed by atoms with Crippen molar-refractivity contribution in [1.29, 1.82) is 0 Å². The first-order chi connectivity index (χ1) is 28.8. The van der Waals surface area contributed by atoms with E-state index in [0.29, 0.717) is 0 Å². The molecule has 0 aromatic heterocycles. The minimum atomic E-state index is 0.243. The summed E-state index contributed by atoms with van der Waals surface area (Å²) in [5.41, 5.74) is 22.7. The van der Waals surface area contributed by atoms with Crippen LogP contribution in [0.2, 0.25) is 0 Å². The number of rotatable bonds is 2. The van der Waals surface area contributed by atoms with Crippen molar-refractivity contribution >= 4 is 32.3 Å². The molecule has 0 unspecified atom stereocenters. The van der Waals surface area contributed by atoms with Gasteiger partial charge in [0.1, 0.15) is 0 Å². The van der Waals surface area contributed by atoms with Gasteiger partial charge in [0, 0.05) is 23.7 Å². The minimum Gasteiger partial charge on any atom is -0.0619 e. The molecule has 0 amide bonds. The van der Waals surface area contributed by atoms with Crippen LogP contribution in [0.4, 0.5) is 0 Å². The lowest BCUT2D eigenvalue weighted by atomic mass is 9.61. The lowest BCUT2D eigenvalue weighted by Crippen LogP contribution is -2.27. The Labute approximate surface area is 337 Å². The maximum atomic E-state index is 2.53. The van der Waals surface area contributed by atoms with E-state index in [1.54, 1.807) is 0 Å². The molecule has 0 heterocycles. The molecule has 0 aliphatic heterocycles. The van der Waals surface area contributed by atoms with Crippen LogP contribution in [0.15, 0.2) is 194 Å². The van der Waals surface area contributed by atoms with Crippen LogP contribution in [0.3, 0.4) is 0 Å². The Morgan fingerprint density at radius 3 is 0.845 bits per heavy atom. The molecule has 6 aliphatic carbocycles. The van der Waals surface area contributed by atoms with E-state index in [1.165, 1.54) is 121 Å². The van der Waals surface area contributed by atoms with E-state index in [9.17, 15) is 0 Å². The lowest BCUT2D eigenvalue weighted by Gasteiger charge is -2.42. The molecule has 0 nitrogen and oxygen atoms in total. The Hall–Kier alpha value is -7.02. The van der Waals surface area contributed by atoms with E-state index >= 15 is 0 Å². The van der Waals surface area contributed by atoms with Crippen LogP contribution < -0.4 is 0 Å². The van der Waals surface area contributed by atoms with Gasteiger partial charge in [0.05, 0.1) is 0 Å². The molecule has 0 atom stereocenters. The Morgan fingerprint density at radius 1 is 0.224 bits per heavy atom. The van der Waals surface area contributed by atoms with Crippen molar-refractivity contribution in [2.75, 3.05) is 0 Å². The summed E-state index contributed by atoms with van der Waals surface area (Å²) in [4.78, 5) is 0. The Balaban J connectivity index is 0.983. The molecular formula is C58H36. The van der Waals surface area contributed by atoms with Gasteiger partial charge >= 0.3 is 0 Å². The summed E-state index contributed by atoms with van der Waals surface area (Å²) in [6.45, 7) is 0. The predicted molar refractivity (Wildman–Crippen MR) is 239 cm³/mol. The van der Waals surface area contributed by atoms with E-state index in [2.05, 4.69) is 194 Å². The third-order valence-electron chi connectivity index (χ3n) is 14.4.